The second-order valence-electron chi connectivity index (χ2n) is 2.66. The molecule has 11 heavy (non-hydrogen) atoms. The molecule has 0 aliphatic carbocycles. The van der Waals surface area contributed by atoms with Crippen LogP contribution in [0.1, 0.15) is 5.56 Å². The molecule has 0 saturated carbocycles. The van der Waals surface area contributed by atoms with E-state index >= 15 is 0 Å². The van der Waals surface area contributed by atoms with E-state index in [1.165, 1.54) is 16.5 Å². The Labute approximate surface area is 73.6 Å². The summed E-state index contributed by atoms with van der Waals surface area (Å²) in [6.45, 7) is 2.11. The third-order valence-corrected chi connectivity index (χ3v) is 2.30. The molecule has 0 fully saturated rings. The normalized spacial score (nSPS) is 10.7. The number of aromatic amines is 1. The van der Waals surface area contributed by atoms with Crippen molar-refractivity contribution in [1.82, 2.24) is 4.98 Å². The fourth-order valence-corrected chi connectivity index (χ4v) is 1.88. The van der Waals surface area contributed by atoms with Crippen molar-refractivity contribution >= 4 is 26.8 Å². The largest absolute Gasteiger partial charge is 0.361 e. The van der Waals surface area contributed by atoms with E-state index < -0.39 is 0 Å². The van der Waals surface area contributed by atoms with Crippen molar-refractivity contribution in [2.24, 2.45) is 0 Å². The van der Waals surface area contributed by atoms with E-state index in [0.717, 1.165) is 4.47 Å². The summed E-state index contributed by atoms with van der Waals surface area (Å²) >= 11 is 3.45. The van der Waals surface area contributed by atoms with Gasteiger partial charge in [0.1, 0.15) is 0 Å². The van der Waals surface area contributed by atoms with Crippen molar-refractivity contribution in [1.29, 1.82) is 0 Å². The lowest BCUT2D eigenvalue weighted by Gasteiger charge is -1.96. The zero-order chi connectivity index (χ0) is 7.84. The third kappa shape index (κ3) is 1.07. The van der Waals surface area contributed by atoms with Gasteiger partial charge >= 0.3 is 0 Å². The molecule has 0 radical (unpaired) electrons. The standard InChI is InChI=1S/C9H8BrN/c1-6-4-7(10)5-9-8(6)2-3-11-9/h2-5,11H,1H3. The van der Waals surface area contributed by atoms with Crippen LogP contribution in [0, 0.1) is 6.92 Å². The molecule has 0 atom stereocenters. The third-order valence-electron chi connectivity index (χ3n) is 1.84. The van der Waals surface area contributed by atoms with Gasteiger partial charge in [-0.3, -0.25) is 0 Å². The topological polar surface area (TPSA) is 15.8 Å². The molecule has 1 aromatic carbocycles. The first kappa shape index (κ1) is 6.92. The molecular weight excluding hydrogens is 202 g/mol. The lowest BCUT2D eigenvalue weighted by molar-refractivity contribution is 1.46. The van der Waals surface area contributed by atoms with E-state index in [1.54, 1.807) is 0 Å². The number of aromatic nitrogens is 1. The summed E-state index contributed by atoms with van der Waals surface area (Å²) in [4.78, 5) is 3.17. The van der Waals surface area contributed by atoms with Crippen LogP contribution in [-0.4, -0.2) is 4.98 Å². The second-order valence-corrected chi connectivity index (χ2v) is 3.58. The van der Waals surface area contributed by atoms with E-state index in [1.807, 2.05) is 6.20 Å². The molecule has 2 aromatic rings. The lowest BCUT2D eigenvalue weighted by atomic mass is 10.1. The Morgan fingerprint density at radius 1 is 1.36 bits per heavy atom. The molecule has 1 nitrogen and oxygen atoms in total. The molecule has 56 valence electrons. The highest BCUT2D eigenvalue weighted by Crippen LogP contribution is 2.22. The molecule has 0 bridgehead atoms. The predicted octanol–water partition coefficient (Wildman–Crippen LogP) is 3.24. The molecule has 2 rings (SSSR count). The van der Waals surface area contributed by atoms with Gasteiger partial charge in [-0.2, -0.15) is 0 Å². The average Bonchev–Trinajstić information content (AvgIpc) is 2.34. The number of aryl methyl sites for hydroxylation is 1. The number of H-pyrrole nitrogens is 1. The van der Waals surface area contributed by atoms with Gasteiger partial charge in [-0.25, -0.2) is 0 Å². The van der Waals surface area contributed by atoms with Crippen molar-refractivity contribution in [3.05, 3.63) is 34.4 Å². The van der Waals surface area contributed by atoms with Gasteiger partial charge in [0.2, 0.25) is 0 Å². The summed E-state index contributed by atoms with van der Waals surface area (Å²) in [5, 5.41) is 1.30. The Hall–Kier alpha value is -0.760. The van der Waals surface area contributed by atoms with Crippen LogP contribution in [0.15, 0.2) is 28.9 Å². The number of halogens is 1. The highest BCUT2D eigenvalue weighted by Gasteiger charge is 1.98. The van der Waals surface area contributed by atoms with E-state index in [-0.39, 0.29) is 0 Å². The Kier molecular flexibility index (Phi) is 1.50. The van der Waals surface area contributed by atoms with Gasteiger partial charge in [0.15, 0.2) is 0 Å². The first-order valence-electron chi connectivity index (χ1n) is 3.50. The summed E-state index contributed by atoms with van der Waals surface area (Å²) < 4.78 is 1.13. The SMILES string of the molecule is Cc1cc(Br)cc2[nH]ccc12. The van der Waals surface area contributed by atoms with E-state index in [9.17, 15) is 0 Å². The zero-order valence-corrected chi connectivity index (χ0v) is 7.77. The van der Waals surface area contributed by atoms with Crippen molar-refractivity contribution < 1.29 is 0 Å². The Morgan fingerprint density at radius 3 is 3.00 bits per heavy atom. The first-order valence-corrected chi connectivity index (χ1v) is 4.30. The van der Waals surface area contributed by atoms with Gasteiger partial charge in [0.25, 0.3) is 0 Å². The van der Waals surface area contributed by atoms with Crippen molar-refractivity contribution in [3.63, 3.8) is 0 Å². The monoisotopic (exact) mass is 209 g/mol. The second kappa shape index (κ2) is 2.38. The molecule has 2 heteroatoms. The molecule has 0 aliphatic heterocycles. The Morgan fingerprint density at radius 2 is 2.18 bits per heavy atom. The Bertz CT molecular complexity index is 389. The summed E-state index contributed by atoms with van der Waals surface area (Å²) in [5.74, 6) is 0. The van der Waals surface area contributed by atoms with Crippen LogP contribution >= 0.6 is 15.9 Å². The fraction of sp³-hybridized carbons (Fsp3) is 0.111. The van der Waals surface area contributed by atoms with Crippen LogP contribution < -0.4 is 0 Å². The number of benzene rings is 1. The van der Waals surface area contributed by atoms with Gasteiger partial charge in [-0.1, -0.05) is 15.9 Å². The summed E-state index contributed by atoms with van der Waals surface area (Å²) in [7, 11) is 0. The fourth-order valence-electron chi connectivity index (χ4n) is 1.31. The predicted molar refractivity (Wildman–Crippen MR) is 50.7 cm³/mol. The minimum atomic E-state index is 1.13. The van der Waals surface area contributed by atoms with Gasteiger partial charge in [0, 0.05) is 21.6 Å². The molecule has 1 aromatic heterocycles. The average molecular weight is 210 g/mol. The molecule has 0 unspecified atom stereocenters. The minimum Gasteiger partial charge on any atom is -0.361 e. The first-order chi connectivity index (χ1) is 5.27. The minimum absolute atomic E-state index is 1.13. The van der Waals surface area contributed by atoms with Crippen LogP contribution in [0.4, 0.5) is 0 Å². The molecule has 1 heterocycles. The maximum Gasteiger partial charge on any atom is 0.0467 e. The maximum absolute atomic E-state index is 3.45. The number of hydrogen-bond acceptors (Lipinski definition) is 0. The zero-order valence-electron chi connectivity index (χ0n) is 6.19. The molecule has 0 saturated heterocycles. The summed E-state index contributed by atoms with van der Waals surface area (Å²) in [5.41, 5.74) is 2.49. The number of fused-ring (bicyclic) bond motifs is 1. The molecule has 0 spiro atoms. The highest BCUT2D eigenvalue weighted by atomic mass is 79.9. The van der Waals surface area contributed by atoms with Gasteiger partial charge < -0.3 is 4.98 Å². The lowest BCUT2D eigenvalue weighted by Crippen LogP contribution is -1.74. The number of nitrogens with one attached hydrogen (secondary N) is 1. The van der Waals surface area contributed by atoms with Crippen molar-refractivity contribution in [3.8, 4) is 0 Å². The van der Waals surface area contributed by atoms with E-state index in [0.29, 0.717) is 0 Å². The van der Waals surface area contributed by atoms with Crippen LogP contribution in [-0.2, 0) is 0 Å². The summed E-state index contributed by atoms with van der Waals surface area (Å²) in [6, 6.07) is 6.30. The molecule has 0 amide bonds. The van der Waals surface area contributed by atoms with Gasteiger partial charge in [-0.05, 0) is 30.7 Å². The van der Waals surface area contributed by atoms with E-state index in [4.69, 9.17) is 0 Å². The molecular formula is C9H8BrN. The quantitative estimate of drug-likeness (QED) is 0.686. The van der Waals surface area contributed by atoms with Crippen LogP contribution in [0.2, 0.25) is 0 Å². The van der Waals surface area contributed by atoms with Crippen LogP contribution in [0.25, 0.3) is 10.9 Å². The smallest absolute Gasteiger partial charge is 0.0467 e. The van der Waals surface area contributed by atoms with Crippen LogP contribution in [0.3, 0.4) is 0 Å². The number of rotatable bonds is 0. The Balaban J connectivity index is 2.91. The molecule has 0 aliphatic rings. The molecule has 1 N–H and O–H groups in total. The number of hydrogen-bond donors (Lipinski definition) is 1. The van der Waals surface area contributed by atoms with Gasteiger partial charge in [0.05, 0.1) is 0 Å². The highest BCUT2D eigenvalue weighted by molar-refractivity contribution is 9.10. The van der Waals surface area contributed by atoms with Crippen molar-refractivity contribution in [2.75, 3.05) is 0 Å². The van der Waals surface area contributed by atoms with E-state index in [2.05, 4.69) is 46.0 Å². The van der Waals surface area contributed by atoms with Gasteiger partial charge in [-0.15, -0.1) is 0 Å². The van der Waals surface area contributed by atoms with Crippen LogP contribution in [0.5, 0.6) is 0 Å². The maximum atomic E-state index is 3.45. The van der Waals surface area contributed by atoms with Crippen molar-refractivity contribution in [2.45, 2.75) is 6.92 Å². The summed E-state index contributed by atoms with van der Waals surface area (Å²) in [6.07, 6.45) is 1.96.